The van der Waals surface area contributed by atoms with Crippen molar-refractivity contribution in [1.82, 2.24) is 4.98 Å². The topological polar surface area (TPSA) is 22.1 Å². The van der Waals surface area contributed by atoms with E-state index >= 15 is 0 Å². The van der Waals surface area contributed by atoms with E-state index in [-0.39, 0.29) is 5.60 Å². The van der Waals surface area contributed by atoms with E-state index in [0.717, 1.165) is 18.5 Å². The van der Waals surface area contributed by atoms with E-state index in [2.05, 4.69) is 10.4 Å². The van der Waals surface area contributed by atoms with Crippen LogP contribution in [-0.4, -0.2) is 12.1 Å². The maximum Gasteiger partial charge on any atom is 0.111 e. The van der Waals surface area contributed by atoms with Gasteiger partial charge in [-0.3, -0.25) is 0 Å². The van der Waals surface area contributed by atoms with Crippen molar-refractivity contribution < 1.29 is 4.74 Å². The molecular weight excluding hydrogens is 146 g/mol. The van der Waals surface area contributed by atoms with E-state index in [1.54, 1.807) is 18.4 Å². The number of aromatic nitrogens is 1. The third-order valence-electron chi connectivity index (χ3n) is 1.99. The Morgan fingerprint density at radius 3 is 2.90 bits per heavy atom. The van der Waals surface area contributed by atoms with Crippen LogP contribution in [0, 0.1) is 0 Å². The van der Waals surface area contributed by atoms with Crippen molar-refractivity contribution in [2.24, 2.45) is 0 Å². The van der Waals surface area contributed by atoms with Crippen molar-refractivity contribution in [3.05, 3.63) is 16.6 Å². The van der Waals surface area contributed by atoms with Gasteiger partial charge in [-0.05, 0) is 12.8 Å². The second-order valence-corrected chi connectivity index (χ2v) is 3.29. The lowest BCUT2D eigenvalue weighted by Gasteiger charge is -2.08. The summed E-state index contributed by atoms with van der Waals surface area (Å²) in [6.07, 6.45) is 2.26. The van der Waals surface area contributed by atoms with Crippen LogP contribution in [0.1, 0.15) is 18.5 Å². The zero-order chi connectivity index (χ0) is 7.03. The fourth-order valence-corrected chi connectivity index (χ4v) is 1.76. The largest absolute Gasteiger partial charge is 0.372 e. The summed E-state index contributed by atoms with van der Waals surface area (Å²) >= 11 is 1.63. The fraction of sp³-hybridized carbons (Fsp3) is 0.571. The molecule has 0 bridgehead atoms. The molecule has 0 unspecified atom stereocenters. The average molecular weight is 155 g/mol. The van der Waals surface area contributed by atoms with Gasteiger partial charge in [-0.15, -0.1) is 11.3 Å². The molecule has 0 aromatic carbocycles. The van der Waals surface area contributed by atoms with E-state index in [4.69, 9.17) is 4.74 Å². The Hall–Kier alpha value is -0.410. The summed E-state index contributed by atoms with van der Waals surface area (Å²) in [7, 11) is 1.76. The number of rotatable bonds is 2. The lowest BCUT2D eigenvalue weighted by atomic mass is 10.2. The molecule has 2 rings (SSSR count). The number of thiazole rings is 1. The van der Waals surface area contributed by atoms with Gasteiger partial charge >= 0.3 is 0 Å². The third kappa shape index (κ3) is 0.777. The van der Waals surface area contributed by atoms with Gasteiger partial charge < -0.3 is 4.74 Å². The Morgan fingerprint density at radius 1 is 1.70 bits per heavy atom. The van der Waals surface area contributed by atoms with Crippen molar-refractivity contribution in [3.63, 3.8) is 0 Å². The Bertz CT molecular complexity index is 216. The lowest BCUT2D eigenvalue weighted by molar-refractivity contribution is 0.0757. The van der Waals surface area contributed by atoms with E-state index in [1.165, 1.54) is 0 Å². The molecule has 1 heterocycles. The average Bonchev–Trinajstić information content (AvgIpc) is 2.58. The highest BCUT2D eigenvalue weighted by Gasteiger charge is 2.46. The molecule has 0 saturated heterocycles. The fourth-order valence-electron chi connectivity index (χ4n) is 1.12. The summed E-state index contributed by atoms with van der Waals surface area (Å²) in [5.41, 5.74) is 2.98. The molecule has 0 N–H and O–H groups in total. The molecule has 54 valence electrons. The van der Waals surface area contributed by atoms with Gasteiger partial charge in [0.1, 0.15) is 5.60 Å². The van der Waals surface area contributed by atoms with E-state index in [1.807, 2.05) is 5.51 Å². The van der Waals surface area contributed by atoms with Crippen LogP contribution < -0.4 is 0 Å². The summed E-state index contributed by atoms with van der Waals surface area (Å²) in [5.74, 6) is 0. The number of methoxy groups -OCH3 is 1. The highest BCUT2D eigenvalue weighted by atomic mass is 32.1. The van der Waals surface area contributed by atoms with Crippen LogP contribution in [0.4, 0.5) is 0 Å². The molecule has 0 aliphatic heterocycles. The molecule has 2 nitrogen and oxygen atoms in total. The number of nitrogens with zero attached hydrogens (tertiary/aromatic N) is 1. The molecule has 0 atom stereocenters. The molecule has 0 spiro atoms. The van der Waals surface area contributed by atoms with Gasteiger partial charge in [0.05, 0.1) is 11.2 Å². The Morgan fingerprint density at radius 2 is 2.50 bits per heavy atom. The molecule has 1 fully saturated rings. The van der Waals surface area contributed by atoms with Crippen molar-refractivity contribution in [2.75, 3.05) is 7.11 Å². The van der Waals surface area contributed by atoms with Crippen LogP contribution in [0.25, 0.3) is 0 Å². The minimum Gasteiger partial charge on any atom is -0.372 e. The van der Waals surface area contributed by atoms with E-state index in [9.17, 15) is 0 Å². The van der Waals surface area contributed by atoms with Gasteiger partial charge in [-0.2, -0.15) is 0 Å². The molecule has 0 radical (unpaired) electrons. The van der Waals surface area contributed by atoms with Gasteiger partial charge in [0.25, 0.3) is 0 Å². The zero-order valence-corrected chi connectivity index (χ0v) is 6.65. The number of ether oxygens (including phenoxy) is 1. The summed E-state index contributed by atoms with van der Waals surface area (Å²) in [4.78, 5) is 4.21. The predicted octanol–water partition coefficient (Wildman–Crippen LogP) is 1.78. The molecular formula is C7H9NOS. The first-order chi connectivity index (χ1) is 4.87. The molecule has 3 heteroatoms. The highest BCUT2D eigenvalue weighted by Crippen LogP contribution is 2.48. The van der Waals surface area contributed by atoms with Crippen LogP contribution >= 0.6 is 11.3 Å². The van der Waals surface area contributed by atoms with Crippen molar-refractivity contribution >= 4 is 11.3 Å². The second kappa shape index (κ2) is 2.04. The number of hydrogen-bond donors (Lipinski definition) is 0. The first-order valence-corrected chi connectivity index (χ1v) is 4.25. The van der Waals surface area contributed by atoms with Crippen molar-refractivity contribution in [1.29, 1.82) is 0 Å². The molecule has 10 heavy (non-hydrogen) atoms. The standard InChI is InChI=1S/C7H9NOS/c1-9-7(2-3-7)6-4-10-5-8-6/h4-5H,2-3H2,1H3. The Labute approximate surface area is 63.9 Å². The van der Waals surface area contributed by atoms with Crippen molar-refractivity contribution in [3.8, 4) is 0 Å². The van der Waals surface area contributed by atoms with Crippen LogP contribution in [0.3, 0.4) is 0 Å². The van der Waals surface area contributed by atoms with E-state index in [0.29, 0.717) is 0 Å². The maximum atomic E-state index is 5.34. The van der Waals surface area contributed by atoms with Crippen LogP contribution in [0.5, 0.6) is 0 Å². The van der Waals surface area contributed by atoms with Gasteiger partial charge in [0, 0.05) is 12.5 Å². The van der Waals surface area contributed by atoms with E-state index < -0.39 is 0 Å². The monoisotopic (exact) mass is 155 g/mol. The van der Waals surface area contributed by atoms with Crippen LogP contribution in [-0.2, 0) is 10.3 Å². The molecule has 1 saturated carbocycles. The smallest absolute Gasteiger partial charge is 0.111 e. The minimum absolute atomic E-state index is 0.0139. The normalized spacial score (nSPS) is 20.9. The minimum atomic E-state index is 0.0139. The summed E-state index contributed by atoms with van der Waals surface area (Å²) in [5, 5.41) is 2.07. The predicted molar refractivity (Wildman–Crippen MR) is 40.0 cm³/mol. The van der Waals surface area contributed by atoms with Gasteiger partial charge in [-0.25, -0.2) is 4.98 Å². The third-order valence-corrected chi connectivity index (χ3v) is 2.58. The van der Waals surface area contributed by atoms with Gasteiger partial charge in [0.15, 0.2) is 0 Å². The molecule has 0 amide bonds. The summed E-state index contributed by atoms with van der Waals surface area (Å²) in [6, 6.07) is 0. The zero-order valence-electron chi connectivity index (χ0n) is 5.83. The highest BCUT2D eigenvalue weighted by molar-refractivity contribution is 7.07. The molecule has 1 aliphatic rings. The summed E-state index contributed by atoms with van der Waals surface area (Å²) < 4.78 is 5.34. The lowest BCUT2D eigenvalue weighted by Crippen LogP contribution is -2.08. The molecule has 1 aliphatic carbocycles. The van der Waals surface area contributed by atoms with Crippen LogP contribution in [0.15, 0.2) is 10.9 Å². The summed E-state index contributed by atoms with van der Waals surface area (Å²) in [6.45, 7) is 0. The quantitative estimate of drug-likeness (QED) is 0.649. The molecule has 1 aromatic rings. The van der Waals surface area contributed by atoms with Crippen LogP contribution in [0.2, 0.25) is 0 Å². The van der Waals surface area contributed by atoms with Crippen molar-refractivity contribution in [2.45, 2.75) is 18.4 Å². The molecule has 1 aromatic heterocycles. The Kier molecular flexibility index (Phi) is 1.28. The van der Waals surface area contributed by atoms with Gasteiger partial charge in [0.2, 0.25) is 0 Å². The first kappa shape index (κ1) is 6.31. The maximum absolute atomic E-state index is 5.34. The number of hydrogen-bond acceptors (Lipinski definition) is 3. The Balaban J connectivity index is 2.27. The second-order valence-electron chi connectivity index (χ2n) is 2.57. The van der Waals surface area contributed by atoms with Gasteiger partial charge in [-0.1, -0.05) is 0 Å². The first-order valence-electron chi connectivity index (χ1n) is 3.31. The SMILES string of the molecule is COC1(c2cscn2)CC1.